The van der Waals surface area contributed by atoms with Crippen LogP contribution in [0.3, 0.4) is 0 Å². The highest BCUT2D eigenvalue weighted by atomic mass is 16.6. The Morgan fingerprint density at radius 1 is 1.46 bits per heavy atom. The van der Waals surface area contributed by atoms with Gasteiger partial charge in [0.1, 0.15) is 12.2 Å². The van der Waals surface area contributed by atoms with Crippen molar-refractivity contribution in [2.24, 2.45) is 23.7 Å². The number of cyclic esters (lactones) is 1. The summed E-state index contributed by atoms with van der Waals surface area (Å²) < 4.78 is 11.6. The summed E-state index contributed by atoms with van der Waals surface area (Å²) >= 11 is 0. The molecule has 2 aliphatic carbocycles. The van der Waals surface area contributed by atoms with Crippen LogP contribution in [-0.2, 0) is 19.1 Å². The van der Waals surface area contributed by atoms with Crippen LogP contribution in [0, 0.1) is 23.7 Å². The number of aliphatic hydroxyl groups excluding tert-OH is 1. The fourth-order valence-electron chi connectivity index (χ4n) is 4.49. The van der Waals surface area contributed by atoms with Crippen molar-refractivity contribution in [3.63, 3.8) is 0 Å². The van der Waals surface area contributed by atoms with E-state index in [1.54, 1.807) is 0 Å². The van der Waals surface area contributed by atoms with Gasteiger partial charge in [-0.1, -0.05) is 39.0 Å². The molecule has 26 heavy (non-hydrogen) atoms. The quantitative estimate of drug-likeness (QED) is 0.778. The molecule has 1 aliphatic heterocycles. The number of rotatable bonds is 4. The predicted molar refractivity (Wildman–Crippen MR) is 97.1 cm³/mol. The van der Waals surface area contributed by atoms with E-state index in [0.29, 0.717) is 6.42 Å². The van der Waals surface area contributed by atoms with Crippen molar-refractivity contribution >= 4 is 11.9 Å². The third-order valence-electron chi connectivity index (χ3n) is 6.13. The molecule has 3 rings (SSSR count). The molecule has 7 unspecified atom stereocenters. The molecule has 1 heterocycles. The smallest absolute Gasteiger partial charge is 0.308 e. The third-order valence-corrected chi connectivity index (χ3v) is 6.13. The van der Waals surface area contributed by atoms with Crippen LogP contribution in [0.2, 0.25) is 0 Å². The van der Waals surface area contributed by atoms with Crippen LogP contribution < -0.4 is 0 Å². The summed E-state index contributed by atoms with van der Waals surface area (Å²) in [5, 5.41) is 10.1. The molecule has 1 saturated heterocycles. The molecule has 0 spiro atoms. The lowest BCUT2D eigenvalue weighted by Gasteiger charge is -2.45. The molecule has 0 amide bonds. The van der Waals surface area contributed by atoms with Crippen LogP contribution in [0.4, 0.5) is 0 Å². The Hall–Kier alpha value is -1.62. The number of hydrogen-bond donors (Lipinski definition) is 1. The van der Waals surface area contributed by atoms with Crippen molar-refractivity contribution in [2.75, 3.05) is 0 Å². The zero-order chi connectivity index (χ0) is 18.8. The fourth-order valence-corrected chi connectivity index (χ4v) is 4.49. The lowest BCUT2D eigenvalue weighted by atomic mass is 9.65. The van der Waals surface area contributed by atoms with Gasteiger partial charge in [0.15, 0.2) is 0 Å². The number of carbonyl (C=O) groups excluding carboxylic acids is 2. The Labute approximate surface area is 155 Å². The first kappa shape index (κ1) is 19.2. The molecule has 5 nitrogen and oxygen atoms in total. The summed E-state index contributed by atoms with van der Waals surface area (Å²) in [5.41, 5.74) is 1.16. The third kappa shape index (κ3) is 3.88. The van der Waals surface area contributed by atoms with Gasteiger partial charge < -0.3 is 14.6 Å². The zero-order valence-electron chi connectivity index (χ0n) is 15.9. The topological polar surface area (TPSA) is 72.8 Å². The second kappa shape index (κ2) is 7.95. The van der Waals surface area contributed by atoms with Gasteiger partial charge in [0, 0.05) is 18.3 Å². The number of aliphatic hydroxyl groups is 1. The van der Waals surface area contributed by atoms with Crippen molar-refractivity contribution in [3.05, 3.63) is 23.8 Å². The van der Waals surface area contributed by atoms with Crippen molar-refractivity contribution in [1.82, 2.24) is 0 Å². The van der Waals surface area contributed by atoms with Gasteiger partial charge in [-0.15, -0.1) is 0 Å². The van der Waals surface area contributed by atoms with Gasteiger partial charge in [0.2, 0.25) is 0 Å². The molecule has 0 aromatic heterocycles. The van der Waals surface area contributed by atoms with Gasteiger partial charge in [-0.25, -0.2) is 0 Å². The maximum atomic E-state index is 12.4. The molecule has 7 atom stereocenters. The Morgan fingerprint density at radius 3 is 2.92 bits per heavy atom. The summed E-state index contributed by atoms with van der Waals surface area (Å²) in [7, 11) is 0. The highest BCUT2D eigenvalue weighted by molar-refractivity contribution is 5.72. The van der Waals surface area contributed by atoms with Gasteiger partial charge >= 0.3 is 11.9 Å². The van der Waals surface area contributed by atoms with Crippen LogP contribution in [0.5, 0.6) is 0 Å². The molecule has 0 aromatic carbocycles. The van der Waals surface area contributed by atoms with Crippen LogP contribution in [0.1, 0.15) is 52.9 Å². The second-order valence-corrected chi connectivity index (χ2v) is 8.01. The number of hydrogen-bond acceptors (Lipinski definition) is 5. The monoisotopic (exact) mass is 362 g/mol. The Morgan fingerprint density at radius 2 is 2.23 bits per heavy atom. The van der Waals surface area contributed by atoms with Crippen molar-refractivity contribution < 1.29 is 24.2 Å². The molecule has 144 valence electrons. The normalized spacial score (nSPS) is 38.0. The summed E-state index contributed by atoms with van der Waals surface area (Å²) in [5.74, 6) is -0.401. The number of ether oxygens (including phenoxy) is 2. The predicted octanol–water partition coefficient (Wildman–Crippen LogP) is 3.17. The van der Waals surface area contributed by atoms with Crippen molar-refractivity contribution in [2.45, 2.75) is 71.2 Å². The van der Waals surface area contributed by atoms with Crippen LogP contribution in [-0.4, -0.2) is 35.4 Å². The maximum Gasteiger partial charge on any atom is 0.308 e. The molecular formula is C21H30O5. The first-order valence-corrected chi connectivity index (χ1v) is 9.87. The van der Waals surface area contributed by atoms with E-state index in [1.165, 1.54) is 0 Å². The maximum absolute atomic E-state index is 12.4. The molecule has 1 N–H and O–H groups in total. The van der Waals surface area contributed by atoms with Crippen LogP contribution in [0.25, 0.3) is 0 Å². The number of esters is 2. The molecule has 5 heteroatoms. The van der Waals surface area contributed by atoms with Crippen molar-refractivity contribution in [1.29, 1.82) is 0 Å². The second-order valence-electron chi connectivity index (χ2n) is 8.01. The average molecular weight is 362 g/mol. The summed E-state index contributed by atoms with van der Waals surface area (Å²) in [6, 6.07) is 0. The number of carbonyl (C=O) groups is 2. The van der Waals surface area contributed by atoms with E-state index in [2.05, 4.69) is 25.2 Å². The molecule has 0 aromatic rings. The highest BCUT2D eigenvalue weighted by Gasteiger charge is 2.46. The minimum absolute atomic E-state index is 0.0138. The average Bonchev–Trinajstić information content (AvgIpc) is 2.60. The lowest BCUT2D eigenvalue weighted by Crippen LogP contribution is -2.48. The number of fused-ring (bicyclic) bond motifs is 1. The van der Waals surface area contributed by atoms with E-state index in [4.69, 9.17) is 9.47 Å². The van der Waals surface area contributed by atoms with E-state index in [9.17, 15) is 14.7 Å². The van der Waals surface area contributed by atoms with Gasteiger partial charge in [-0.2, -0.15) is 0 Å². The molecular weight excluding hydrogens is 332 g/mol. The molecule has 0 bridgehead atoms. The van der Waals surface area contributed by atoms with Gasteiger partial charge in [-0.05, 0) is 30.8 Å². The minimum Gasteiger partial charge on any atom is -0.462 e. The Bertz CT molecular complexity index is 608. The molecule has 0 saturated carbocycles. The van der Waals surface area contributed by atoms with Crippen LogP contribution >= 0.6 is 0 Å². The zero-order valence-corrected chi connectivity index (χ0v) is 15.9. The van der Waals surface area contributed by atoms with Crippen LogP contribution in [0.15, 0.2) is 23.8 Å². The molecule has 0 radical (unpaired) electrons. The van der Waals surface area contributed by atoms with Gasteiger partial charge in [0.05, 0.1) is 18.4 Å². The van der Waals surface area contributed by atoms with E-state index in [-0.39, 0.29) is 54.2 Å². The van der Waals surface area contributed by atoms with E-state index in [1.807, 2.05) is 13.8 Å². The summed E-state index contributed by atoms with van der Waals surface area (Å²) in [4.78, 5) is 24.3. The summed E-state index contributed by atoms with van der Waals surface area (Å²) in [6.07, 6.45) is 8.19. The standard InChI is InChI=1S/C21H30O5/c1-4-12(2)21(24)26-16-7-5-6-14-9-8-13(3)19(20(14)16)17-10-15(22)11-18(23)25-17/h6,8-9,12-13,15-17,19-20,22H,4-5,7,10-11H2,1-3H3. The Balaban J connectivity index is 1.86. The molecule has 3 aliphatic rings. The van der Waals surface area contributed by atoms with Gasteiger partial charge in [-0.3, -0.25) is 9.59 Å². The first-order chi connectivity index (χ1) is 12.4. The summed E-state index contributed by atoms with van der Waals surface area (Å²) in [6.45, 7) is 5.98. The van der Waals surface area contributed by atoms with Gasteiger partial charge in [0.25, 0.3) is 0 Å². The largest absolute Gasteiger partial charge is 0.462 e. The highest BCUT2D eigenvalue weighted by Crippen LogP contribution is 2.45. The Kier molecular flexibility index (Phi) is 5.86. The minimum atomic E-state index is -0.656. The van der Waals surface area contributed by atoms with E-state index >= 15 is 0 Å². The van der Waals surface area contributed by atoms with E-state index < -0.39 is 6.10 Å². The number of allylic oxidation sites excluding steroid dienone is 3. The molecule has 1 fully saturated rings. The fraction of sp³-hybridized carbons (Fsp3) is 0.714. The first-order valence-electron chi connectivity index (χ1n) is 9.87. The SMILES string of the molecule is CCC(C)C(=O)OC1CCC=C2C=CC(C)C(C3CC(O)CC(=O)O3)C21. The lowest BCUT2D eigenvalue weighted by molar-refractivity contribution is -0.173. The van der Waals surface area contributed by atoms with Crippen molar-refractivity contribution in [3.8, 4) is 0 Å². The van der Waals surface area contributed by atoms with E-state index in [0.717, 1.165) is 24.8 Å².